The molecule has 16 heavy (non-hydrogen) atoms. The van der Waals surface area contributed by atoms with Gasteiger partial charge in [0.05, 0.1) is 0 Å². The lowest BCUT2D eigenvalue weighted by molar-refractivity contribution is 0.473. The van der Waals surface area contributed by atoms with Gasteiger partial charge in [0.2, 0.25) is 0 Å². The Balaban J connectivity index is 2.16. The van der Waals surface area contributed by atoms with Crippen LogP contribution in [0.1, 0.15) is 33.8 Å². The van der Waals surface area contributed by atoms with E-state index in [-0.39, 0.29) is 5.38 Å². The molecule has 1 aliphatic carbocycles. The normalized spacial score (nSPS) is 18.8. The second-order valence-electron chi connectivity index (χ2n) is 4.10. The second-order valence-corrected chi connectivity index (χ2v) is 4.54. The highest BCUT2D eigenvalue weighted by Gasteiger charge is 2.25. The van der Waals surface area contributed by atoms with Crippen LogP contribution < -0.4 is 0 Å². The van der Waals surface area contributed by atoms with Gasteiger partial charge in [0.25, 0.3) is 0 Å². The lowest BCUT2D eigenvalue weighted by atomic mass is 10.0. The van der Waals surface area contributed by atoms with Gasteiger partial charge in [-0.2, -0.15) is 0 Å². The standard InChI is InChI=1S/C13H12ClNO/c1-8-15-13-11(16-8)7-6-9-4-2-3-5-10(9)12(13)14/h2-5,12H,6-7H2,1H3. The molecule has 2 aromatic rings. The first-order valence-electron chi connectivity index (χ1n) is 5.44. The van der Waals surface area contributed by atoms with Crippen molar-refractivity contribution in [3.8, 4) is 0 Å². The number of hydrogen-bond donors (Lipinski definition) is 0. The zero-order valence-corrected chi connectivity index (χ0v) is 9.79. The van der Waals surface area contributed by atoms with E-state index in [4.69, 9.17) is 16.0 Å². The minimum Gasteiger partial charge on any atom is -0.446 e. The first-order valence-corrected chi connectivity index (χ1v) is 5.87. The Morgan fingerprint density at radius 1 is 1.31 bits per heavy atom. The quantitative estimate of drug-likeness (QED) is 0.652. The maximum absolute atomic E-state index is 6.47. The molecule has 0 fully saturated rings. The lowest BCUT2D eigenvalue weighted by Crippen LogP contribution is -1.96. The molecule has 0 N–H and O–H groups in total. The molecule has 0 saturated heterocycles. The molecule has 3 rings (SSSR count). The van der Waals surface area contributed by atoms with Crippen molar-refractivity contribution in [1.29, 1.82) is 0 Å². The zero-order chi connectivity index (χ0) is 11.1. The number of oxazole rings is 1. The number of halogens is 1. The summed E-state index contributed by atoms with van der Waals surface area (Å²) in [6, 6.07) is 8.27. The van der Waals surface area contributed by atoms with E-state index in [2.05, 4.69) is 17.1 Å². The Kier molecular flexibility index (Phi) is 2.25. The molecule has 1 aromatic carbocycles. The number of aryl methyl sites for hydroxylation is 3. The van der Waals surface area contributed by atoms with Gasteiger partial charge >= 0.3 is 0 Å². The van der Waals surface area contributed by atoms with Crippen LogP contribution in [0.2, 0.25) is 0 Å². The first-order chi connectivity index (χ1) is 7.75. The van der Waals surface area contributed by atoms with Crippen LogP contribution in [0.5, 0.6) is 0 Å². The molecule has 0 amide bonds. The van der Waals surface area contributed by atoms with Crippen LogP contribution in [-0.2, 0) is 12.8 Å². The highest BCUT2D eigenvalue weighted by Crippen LogP contribution is 2.36. The number of benzene rings is 1. The molecule has 1 atom stereocenters. The van der Waals surface area contributed by atoms with Crippen LogP contribution in [0.3, 0.4) is 0 Å². The van der Waals surface area contributed by atoms with Gasteiger partial charge in [-0.05, 0) is 17.5 Å². The minimum absolute atomic E-state index is 0.175. The SMILES string of the molecule is Cc1nc2c(o1)CCc1ccccc1C2Cl. The number of nitrogens with zero attached hydrogens (tertiary/aromatic N) is 1. The monoisotopic (exact) mass is 233 g/mol. The average molecular weight is 234 g/mol. The fraction of sp³-hybridized carbons (Fsp3) is 0.308. The van der Waals surface area contributed by atoms with E-state index < -0.39 is 0 Å². The van der Waals surface area contributed by atoms with Crippen molar-refractivity contribution >= 4 is 11.6 Å². The van der Waals surface area contributed by atoms with Crippen molar-refractivity contribution in [1.82, 2.24) is 4.98 Å². The number of aromatic nitrogens is 1. The smallest absolute Gasteiger partial charge is 0.191 e. The average Bonchev–Trinajstić information content (AvgIpc) is 2.62. The molecule has 0 spiro atoms. The highest BCUT2D eigenvalue weighted by molar-refractivity contribution is 6.22. The Bertz CT molecular complexity index is 532. The topological polar surface area (TPSA) is 26.0 Å². The van der Waals surface area contributed by atoms with Crippen LogP contribution in [0.4, 0.5) is 0 Å². The van der Waals surface area contributed by atoms with E-state index in [1.54, 1.807) is 0 Å². The van der Waals surface area contributed by atoms with E-state index in [1.165, 1.54) is 5.56 Å². The summed E-state index contributed by atoms with van der Waals surface area (Å²) in [5.41, 5.74) is 3.36. The fourth-order valence-electron chi connectivity index (χ4n) is 2.27. The fourth-order valence-corrected chi connectivity index (χ4v) is 2.65. The van der Waals surface area contributed by atoms with Crippen molar-refractivity contribution < 1.29 is 4.42 Å². The van der Waals surface area contributed by atoms with Gasteiger partial charge in [0.1, 0.15) is 16.8 Å². The maximum atomic E-state index is 6.47. The first kappa shape index (κ1) is 9.91. The number of rotatable bonds is 0. The molecule has 0 radical (unpaired) electrons. The molecule has 2 nitrogen and oxygen atoms in total. The van der Waals surface area contributed by atoms with Crippen molar-refractivity contribution in [2.75, 3.05) is 0 Å². The van der Waals surface area contributed by atoms with Gasteiger partial charge in [0, 0.05) is 13.3 Å². The molecule has 0 bridgehead atoms. The zero-order valence-electron chi connectivity index (χ0n) is 9.03. The summed E-state index contributed by atoms with van der Waals surface area (Å²) in [6.07, 6.45) is 1.86. The molecule has 3 heteroatoms. The predicted molar refractivity (Wildman–Crippen MR) is 62.8 cm³/mol. The van der Waals surface area contributed by atoms with Crippen LogP contribution in [0, 0.1) is 6.92 Å². The molecular formula is C13H12ClNO. The van der Waals surface area contributed by atoms with Crippen molar-refractivity contribution in [2.24, 2.45) is 0 Å². The van der Waals surface area contributed by atoms with E-state index in [0.29, 0.717) is 5.89 Å². The molecule has 82 valence electrons. The van der Waals surface area contributed by atoms with Gasteiger partial charge in [-0.25, -0.2) is 4.98 Å². The third-order valence-corrected chi connectivity index (χ3v) is 3.47. The summed E-state index contributed by atoms with van der Waals surface area (Å²) >= 11 is 6.47. The van der Waals surface area contributed by atoms with Crippen LogP contribution in [0.25, 0.3) is 0 Å². The van der Waals surface area contributed by atoms with Crippen molar-refractivity contribution in [2.45, 2.75) is 25.1 Å². The van der Waals surface area contributed by atoms with Gasteiger partial charge < -0.3 is 4.42 Å². The maximum Gasteiger partial charge on any atom is 0.191 e. The largest absolute Gasteiger partial charge is 0.446 e. The molecule has 0 saturated carbocycles. The van der Waals surface area contributed by atoms with E-state index >= 15 is 0 Å². The third-order valence-electron chi connectivity index (χ3n) is 3.02. The Labute approximate surface area is 99.3 Å². The van der Waals surface area contributed by atoms with Crippen LogP contribution in [-0.4, -0.2) is 4.98 Å². The third kappa shape index (κ3) is 1.45. The van der Waals surface area contributed by atoms with E-state index in [1.807, 2.05) is 19.1 Å². The lowest BCUT2D eigenvalue weighted by Gasteiger charge is -2.09. The summed E-state index contributed by atoms with van der Waals surface area (Å²) in [4.78, 5) is 4.39. The van der Waals surface area contributed by atoms with Crippen molar-refractivity contribution in [3.05, 3.63) is 52.7 Å². The summed E-state index contributed by atoms with van der Waals surface area (Å²) in [5.74, 6) is 1.64. The van der Waals surface area contributed by atoms with Gasteiger partial charge in [0.15, 0.2) is 5.89 Å². The molecule has 0 aliphatic heterocycles. The number of alkyl halides is 1. The summed E-state index contributed by atoms with van der Waals surface area (Å²) in [7, 11) is 0. The van der Waals surface area contributed by atoms with Crippen LogP contribution in [0.15, 0.2) is 28.7 Å². The van der Waals surface area contributed by atoms with Crippen molar-refractivity contribution in [3.63, 3.8) is 0 Å². The van der Waals surface area contributed by atoms with Gasteiger partial charge in [-0.15, -0.1) is 11.6 Å². The second kappa shape index (κ2) is 3.63. The molecule has 1 aromatic heterocycles. The summed E-state index contributed by atoms with van der Waals surface area (Å²) in [5, 5.41) is -0.175. The highest BCUT2D eigenvalue weighted by atomic mass is 35.5. The molecule has 1 aliphatic rings. The molecule has 1 unspecified atom stereocenters. The Morgan fingerprint density at radius 3 is 3.00 bits per heavy atom. The van der Waals surface area contributed by atoms with Crippen LogP contribution >= 0.6 is 11.6 Å². The number of fused-ring (bicyclic) bond motifs is 2. The predicted octanol–water partition coefficient (Wildman–Crippen LogP) is 3.41. The summed E-state index contributed by atoms with van der Waals surface area (Å²) < 4.78 is 5.59. The Hall–Kier alpha value is -1.28. The minimum atomic E-state index is -0.175. The van der Waals surface area contributed by atoms with Gasteiger partial charge in [-0.1, -0.05) is 24.3 Å². The Morgan fingerprint density at radius 2 is 2.12 bits per heavy atom. The number of hydrogen-bond acceptors (Lipinski definition) is 2. The van der Waals surface area contributed by atoms with Gasteiger partial charge in [-0.3, -0.25) is 0 Å². The van der Waals surface area contributed by atoms with E-state index in [9.17, 15) is 0 Å². The van der Waals surface area contributed by atoms with E-state index in [0.717, 1.165) is 29.9 Å². The molecule has 1 heterocycles. The summed E-state index contributed by atoms with van der Waals surface area (Å²) in [6.45, 7) is 1.87. The molecular weight excluding hydrogens is 222 g/mol.